The molecule has 0 spiro atoms. The Morgan fingerprint density at radius 1 is 1.17 bits per heavy atom. The molecule has 2 aromatic carbocycles. The van der Waals surface area contributed by atoms with E-state index in [0.717, 1.165) is 17.5 Å². The van der Waals surface area contributed by atoms with E-state index in [4.69, 9.17) is 4.74 Å². The van der Waals surface area contributed by atoms with Crippen LogP contribution < -0.4 is 5.32 Å². The summed E-state index contributed by atoms with van der Waals surface area (Å²) >= 11 is 0. The lowest BCUT2D eigenvalue weighted by Crippen LogP contribution is -2.39. The van der Waals surface area contributed by atoms with E-state index in [0.29, 0.717) is 49.7 Å². The number of carbonyl (C=O) groups is 2. The molecule has 0 aliphatic carbocycles. The molecule has 0 fully saturated rings. The fourth-order valence-electron chi connectivity index (χ4n) is 3.60. The van der Waals surface area contributed by atoms with Gasteiger partial charge in [-0.25, -0.2) is 4.98 Å². The van der Waals surface area contributed by atoms with Gasteiger partial charge in [-0.2, -0.15) is 0 Å². The molecule has 7 nitrogen and oxygen atoms in total. The number of rotatable bonds is 7. The molecule has 7 heteroatoms. The minimum atomic E-state index is -0.147. The van der Waals surface area contributed by atoms with E-state index in [1.165, 1.54) is 0 Å². The Bertz CT molecular complexity index is 1030. The summed E-state index contributed by atoms with van der Waals surface area (Å²) in [5.41, 5.74) is 3.18. The molecule has 0 saturated heterocycles. The number of ether oxygens (including phenoxy) is 1. The molecule has 1 aromatic heterocycles. The van der Waals surface area contributed by atoms with E-state index in [-0.39, 0.29) is 11.8 Å². The zero-order chi connectivity index (χ0) is 20.2. The zero-order valence-corrected chi connectivity index (χ0v) is 16.4. The summed E-state index contributed by atoms with van der Waals surface area (Å²) in [6.45, 7) is 3.05. The lowest BCUT2D eigenvalue weighted by atomic mass is 10.2. The first kappa shape index (κ1) is 19.1. The second-order valence-electron chi connectivity index (χ2n) is 7.11. The van der Waals surface area contributed by atoms with Crippen LogP contribution in [0.15, 0.2) is 48.5 Å². The van der Waals surface area contributed by atoms with Gasteiger partial charge in [0.15, 0.2) is 5.82 Å². The van der Waals surface area contributed by atoms with Gasteiger partial charge >= 0.3 is 0 Å². The number of benzene rings is 2. The van der Waals surface area contributed by atoms with E-state index < -0.39 is 0 Å². The first-order valence-corrected chi connectivity index (χ1v) is 9.78. The standard InChI is InChI=1S/C22H24N4O3/c1-29-13-5-10-23-21(27)17-8-9-19-18(14-17)24-20-22(28)25(11-12-26(19)20)15-16-6-3-2-4-7-16/h2-4,6-9,14H,5,10-13,15H2,1H3,(H,23,27). The summed E-state index contributed by atoms with van der Waals surface area (Å²) < 4.78 is 6.93. The van der Waals surface area contributed by atoms with Gasteiger partial charge in [-0.1, -0.05) is 30.3 Å². The van der Waals surface area contributed by atoms with E-state index in [2.05, 4.69) is 10.3 Å². The number of carbonyl (C=O) groups excluding carboxylic acids is 2. The van der Waals surface area contributed by atoms with E-state index >= 15 is 0 Å². The molecule has 0 atom stereocenters. The lowest BCUT2D eigenvalue weighted by molar-refractivity contribution is 0.0685. The summed E-state index contributed by atoms with van der Waals surface area (Å²) in [6, 6.07) is 15.3. The number of hydrogen-bond donors (Lipinski definition) is 1. The SMILES string of the molecule is COCCCNC(=O)c1ccc2c(c1)nc1n2CCN(Cc2ccccc2)C1=O. The smallest absolute Gasteiger partial charge is 0.290 e. The summed E-state index contributed by atoms with van der Waals surface area (Å²) in [4.78, 5) is 31.7. The van der Waals surface area contributed by atoms with Crippen molar-refractivity contribution in [1.82, 2.24) is 19.8 Å². The van der Waals surface area contributed by atoms with Crippen molar-refractivity contribution in [2.24, 2.45) is 0 Å². The molecule has 4 rings (SSSR count). The van der Waals surface area contributed by atoms with Crippen molar-refractivity contribution >= 4 is 22.8 Å². The Morgan fingerprint density at radius 2 is 2.00 bits per heavy atom. The van der Waals surface area contributed by atoms with Crippen LogP contribution in [0, 0.1) is 0 Å². The van der Waals surface area contributed by atoms with Crippen molar-refractivity contribution in [1.29, 1.82) is 0 Å². The van der Waals surface area contributed by atoms with Crippen LogP contribution in [0.1, 0.15) is 33.0 Å². The van der Waals surface area contributed by atoms with Crippen LogP contribution in [-0.2, 0) is 17.8 Å². The number of fused-ring (bicyclic) bond motifs is 3. The molecular formula is C22H24N4O3. The first-order valence-electron chi connectivity index (χ1n) is 9.78. The molecule has 0 saturated carbocycles. The van der Waals surface area contributed by atoms with Crippen molar-refractivity contribution < 1.29 is 14.3 Å². The van der Waals surface area contributed by atoms with Gasteiger partial charge in [0.25, 0.3) is 11.8 Å². The topological polar surface area (TPSA) is 76.5 Å². The molecule has 2 heterocycles. The number of aromatic nitrogens is 2. The highest BCUT2D eigenvalue weighted by Gasteiger charge is 2.28. The first-order chi connectivity index (χ1) is 14.2. The molecule has 1 aliphatic heterocycles. The number of hydrogen-bond acceptors (Lipinski definition) is 4. The Morgan fingerprint density at radius 3 is 2.79 bits per heavy atom. The van der Waals surface area contributed by atoms with Crippen LogP contribution >= 0.6 is 0 Å². The van der Waals surface area contributed by atoms with Crippen LogP contribution in [0.2, 0.25) is 0 Å². The van der Waals surface area contributed by atoms with E-state index in [9.17, 15) is 9.59 Å². The third-order valence-corrected chi connectivity index (χ3v) is 5.11. The third-order valence-electron chi connectivity index (χ3n) is 5.11. The van der Waals surface area contributed by atoms with Crippen molar-refractivity contribution in [2.45, 2.75) is 19.5 Å². The monoisotopic (exact) mass is 392 g/mol. The summed E-state index contributed by atoms with van der Waals surface area (Å²) in [7, 11) is 1.64. The highest BCUT2D eigenvalue weighted by Crippen LogP contribution is 2.23. The highest BCUT2D eigenvalue weighted by atomic mass is 16.5. The number of nitrogens with zero attached hydrogens (tertiary/aromatic N) is 3. The molecule has 1 aliphatic rings. The van der Waals surface area contributed by atoms with E-state index in [1.807, 2.05) is 45.9 Å². The van der Waals surface area contributed by atoms with Gasteiger partial charge in [0.2, 0.25) is 0 Å². The van der Waals surface area contributed by atoms with Crippen molar-refractivity contribution in [3.63, 3.8) is 0 Å². The highest BCUT2D eigenvalue weighted by molar-refractivity contribution is 6.00. The Balaban J connectivity index is 1.53. The van der Waals surface area contributed by atoms with Gasteiger partial charge in [0.05, 0.1) is 11.0 Å². The predicted octanol–water partition coefficient (Wildman–Crippen LogP) is 2.46. The maximum absolute atomic E-state index is 13.0. The van der Waals surface area contributed by atoms with Gasteiger partial charge in [0, 0.05) is 45.5 Å². The van der Waals surface area contributed by atoms with Gasteiger partial charge in [-0.05, 0) is 30.2 Å². The Hall–Kier alpha value is -3.19. The van der Waals surface area contributed by atoms with Gasteiger partial charge in [-0.15, -0.1) is 0 Å². The van der Waals surface area contributed by atoms with E-state index in [1.54, 1.807) is 19.2 Å². The zero-order valence-electron chi connectivity index (χ0n) is 16.4. The quantitative estimate of drug-likeness (QED) is 0.627. The molecule has 29 heavy (non-hydrogen) atoms. The summed E-state index contributed by atoms with van der Waals surface area (Å²) in [5, 5.41) is 2.87. The van der Waals surface area contributed by atoms with Gasteiger partial charge < -0.3 is 19.5 Å². The van der Waals surface area contributed by atoms with Crippen molar-refractivity contribution in [3.05, 3.63) is 65.5 Å². The van der Waals surface area contributed by atoms with Gasteiger partial charge in [0.1, 0.15) is 0 Å². The predicted molar refractivity (Wildman–Crippen MR) is 110 cm³/mol. The van der Waals surface area contributed by atoms with Crippen LogP contribution in [0.3, 0.4) is 0 Å². The van der Waals surface area contributed by atoms with Crippen LogP contribution in [0.25, 0.3) is 11.0 Å². The van der Waals surface area contributed by atoms with Crippen molar-refractivity contribution in [3.8, 4) is 0 Å². The van der Waals surface area contributed by atoms with Gasteiger partial charge in [-0.3, -0.25) is 9.59 Å². The number of methoxy groups -OCH3 is 1. The summed E-state index contributed by atoms with van der Waals surface area (Å²) in [6.07, 6.45) is 0.759. The Labute approximate surface area is 169 Å². The fraction of sp³-hybridized carbons (Fsp3) is 0.318. The molecule has 0 radical (unpaired) electrons. The third kappa shape index (κ3) is 4.00. The second-order valence-corrected chi connectivity index (χ2v) is 7.11. The largest absolute Gasteiger partial charge is 0.385 e. The lowest BCUT2D eigenvalue weighted by Gasteiger charge is -2.27. The summed E-state index contributed by atoms with van der Waals surface area (Å²) in [5.74, 6) is 0.202. The van der Waals surface area contributed by atoms with Crippen LogP contribution in [0.4, 0.5) is 0 Å². The average molecular weight is 392 g/mol. The number of imidazole rings is 1. The van der Waals surface area contributed by atoms with Crippen LogP contribution in [-0.4, -0.2) is 53.1 Å². The molecule has 3 aromatic rings. The Kier molecular flexibility index (Phi) is 5.57. The molecule has 2 amide bonds. The molecule has 0 unspecified atom stereocenters. The molecule has 1 N–H and O–H groups in total. The van der Waals surface area contributed by atoms with Crippen molar-refractivity contribution in [2.75, 3.05) is 26.8 Å². The number of nitrogens with one attached hydrogen (secondary N) is 1. The normalized spacial score (nSPS) is 13.6. The molecular weight excluding hydrogens is 368 g/mol. The minimum Gasteiger partial charge on any atom is -0.385 e. The maximum Gasteiger partial charge on any atom is 0.290 e. The molecule has 0 bridgehead atoms. The minimum absolute atomic E-state index is 0.0816. The maximum atomic E-state index is 13.0. The second kappa shape index (κ2) is 8.45. The number of amides is 2. The average Bonchev–Trinajstić information content (AvgIpc) is 3.12. The molecule has 150 valence electrons. The fourth-order valence-corrected chi connectivity index (χ4v) is 3.60. The van der Waals surface area contributed by atoms with Crippen LogP contribution in [0.5, 0.6) is 0 Å².